The third-order valence-electron chi connectivity index (χ3n) is 4.88. The number of methoxy groups -OCH3 is 2. The number of rotatable bonds is 6. The summed E-state index contributed by atoms with van der Waals surface area (Å²) in [6, 6.07) is 7.44. The Kier molecular flexibility index (Phi) is 6.09. The fraction of sp³-hybridized carbons (Fsp3) is 0.667. The predicted octanol–water partition coefficient (Wildman–Crippen LogP) is 2.56. The van der Waals surface area contributed by atoms with E-state index < -0.39 is 0 Å². The van der Waals surface area contributed by atoms with Crippen molar-refractivity contribution >= 4 is 0 Å². The van der Waals surface area contributed by atoms with Crippen molar-refractivity contribution in [2.45, 2.75) is 38.8 Å². The van der Waals surface area contributed by atoms with Gasteiger partial charge in [-0.1, -0.05) is 13.0 Å². The van der Waals surface area contributed by atoms with Gasteiger partial charge in [0.25, 0.3) is 0 Å². The van der Waals surface area contributed by atoms with Crippen molar-refractivity contribution in [3.63, 3.8) is 0 Å². The lowest BCUT2D eigenvalue weighted by Gasteiger charge is -2.40. The number of nitrogens with zero attached hydrogens (tertiary/aromatic N) is 1. The first kappa shape index (κ1) is 17.1. The lowest BCUT2D eigenvalue weighted by Crippen LogP contribution is -2.51. The highest BCUT2D eigenvalue weighted by atomic mass is 16.5. The molecule has 1 aliphatic heterocycles. The van der Waals surface area contributed by atoms with Crippen LogP contribution in [0.5, 0.6) is 11.5 Å². The molecule has 22 heavy (non-hydrogen) atoms. The number of hydrogen-bond donors (Lipinski definition) is 1. The molecule has 124 valence electrons. The van der Waals surface area contributed by atoms with Crippen LogP contribution in [0.15, 0.2) is 18.2 Å². The Morgan fingerprint density at radius 1 is 1.18 bits per heavy atom. The fourth-order valence-electron chi connectivity index (χ4n) is 3.26. The lowest BCUT2D eigenvalue weighted by atomic mass is 9.90. The molecule has 1 N–H and O–H groups in total. The minimum absolute atomic E-state index is 0.617. The lowest BCUT2D eigenvalue weighted by molar-refractivity contribution is 0.122. The highest BCUT2D eigenvalue weighted by molar-refractivity contribution is 5.42. The third kappa shape index (κ3) is 4.14. The summed E-state index contributed by atoms with van der Waals surface area (Å²) in [5.74, 6) is 2.30. The molecular weight excluding hydrogens is 276 g/mol. The van der Waals surface area contributed by atoms with E-state index in [-0.39, 0.29) is 0 Å². The van der Waals surface area contributed by atoms with Crippen LogP contribution >= 0.6 is 0 Å². The van der Waals surface area contributed by atoms with E-state index in [9.17, 15) is 0 Å². The van der Waals surface area contributed by atoms with Crippen LogP contribution in [0, 0.1) is 5.92 Å². The van der Waals surface area contributed by atoms with Crippen LogP contribution < -0.4 is 14.8 Å². The molecule has 1 fully saturated rings. The fourth-order valence-corrected chi connectivity index (χ4v) is 3.26. The molecule has 1 saturated heterocycles. The Hall–Kier alpha value is -1.26. The average Bonchev–Trinajstić information content (AvgIpc) is 2.52. The molecule has 0 amide bonds. The van der Waals surface area contributed by atoms with E-state index in [2.05, 4.69) is 43.2 Å². The highest BCUT2D eigenvalue weighted by Crippen LogP contribution is 2.27. The van der Waals surface area contributed by atoms with Gasteiger partial charge in [0.15, 0.2) is 11.5 Å². The normalized spacial score (nSPS) is 26.0. The molecule has 0 saturated carbocycles. The van der Waals surface area contributed by atoms with Crippen molar-refractivity contribution < 1.29 is 9.47 Å². The molecule has 3 atom stereocenters. The van der Waals surface area contributed by atoms with E-state index in [1.807, 2.05) is 6.07 Å². The van der Waals surface area contributed by atoms with E-state index in [0.29, 0.717) is 18.0 Å². The number of piperidine rings is 1. The molecule has 0 radical (unpaired) electrons. The van der Waals surface area contributed by atoms with Crippen LogP contribution in [-0.2, 0) is 6.42 Å². The Bertz CT molecular complexity index is 478. The van der Waals surface area contributed by atoms with Crippen molar-refractivity contribution in [3.8, 4) is 11.5 Å². The average molecular weight is 306 g/mol. The van der Waals surface area contributed by atoms with E-state index in [1.54, 1.807) is 14.2 Å². The summed E-state index contributed by atoms with van der Waals surface area (Å²) in [5, 5.41) is 3.74. The molecule has 2 rings (SSSR count). The Morgan fingerprint density at radius 2 is 1.91 bits per heavy atom. The highest BCUT2D eigenvalue weighted by Gasteiger charge is 2.28. The predicted molar refractivity (Wildman–Crippen MR) is 90.9 cm³/mol. The summed E-state index contributed by atoms with van der Waals surface area (Å²) in [5.41, 5.74) is 1.28. The zero-order valence-electron chi connectivity index (χ0n) is 14.6. The van der Waals surface area contributed by atoms with Crippen molar-refractivity contribution in [2.24, 2.45) is 5.92 Å². The summed E-state index contributed by atoms with van der Waals surface area (Å²) >= 11 is 0. The molecule has 0 aromatic heterocycles. The summed E-state index contributed by atoms with van der Waals surface area (Å²) in [6.07, 6.45) is 2.23. The van der Waals surface area contributed by atoms with Gasteiger partial charge in [-0.3, -0.25) is 0 Å². The van der Waals surface area contributed by atoms with Gasteiger partial charge in [-0.25, -0.2) is 0 Å². The number of ether oxygens (including phenoxy) is 2. The van der Waals surface area contributed by atoms with Gasteiger partial charge in [0, 0.05) is 18.6 Å². The number of benzene rings is 1. The molecular formula is C18H30N2O2. The first-order valence-electron chi connectivity index (χ1n) is 8.19. The van der Waals surface area contributed by atoms with Gasteiger partial charge in [-0.15, -0.1) is 0 Å². The minimum atomic E-state index is 0.617. The third-order valence-corrected chi connectivity index (χ3v) is 4.88. The Morgan fingerprint density at radius 3 is 2.59 bits per heavy atom. The SMILES string of the molecule is COc1ccc(CCN[C@H]2C[C@H](C)N(C)C[C@@H]2C)cc1OC. The van der Waals surface area contributed by atoms with E-state index in [4.69, 9.17) is 9.47 Å². The van der Waals surface area contributed by atoms with Crippen LogP contribution in [-0.4, -0.2) is 51.3 Å². The van der Waals surface area contributed by atoms with Gasteiger partial charge in [0.1, 0.15) is 0 Å². The summed E-state index contributed by atoms with van der Waals surface area (Å²) < 4.78 is 10.6. The number of likely N-dealkylation sites (tertiary alicyclic amines) is 1. The second-order valence-corrected chi connectivity index (χ2v) is 6.50. The van der Waals surface area contributed by atoms with Gasteiger partial charge in [-0.2, -0.15) is 0 Å². The second kappa shape index (κ2) is 7.84. The van der Waals surface area contributed by atoms with E-state index >= 15 is 0 Å². The van der Waals surface area contributed by atoms with Gasteiger partial charge in [-0.05, 0) is 57.0 Å². The molecule has 1 aliphatic rings. The first-order chi connectivity index (χ1) is 10.5. The first-order valence-corrected chi connectivity index (χ1v) is 8.19. The van der Waals surface area contributed by atoms with Gasteiger partial charge in [0.2, 0.25) is 0 Å². The van der Waals surface area contributed by atoms with Crippen LogP contribution in [0.25, 0.3) is 0 Å². The van der Waals surface area contributed by atoms with Crippen molar-refractivity contribution in [2.75, 3.05) is 34.4 Å². The van der Waals surface area contributed by atoms with Gasteiger partial charge < -0.3 is 19.7 Å². The van der Waals surface area contributed by atoms with Crippen LogP contribution in [0.2, 0.25) is 0 Å². The Balaban J connectivity index is 1.86. The number of nitrogens with one attached hydrogen (secondary N) is 1. The maximum atomic E-state index is 5.37. The largest absolute Gasteiger partial charge is 0.493 e. The van der Waals surface area contributed by atoms with Crippen LogP contribution in [0.3, 0.4) is 0 Å². The molecule has 4 nitrogen and oxygen atoms in total. The number of hydrogen-bond acceptors (Lipinski definition) is 4. The summed E-state index contributed by atoms with van der Waals surface area (Å²) in [4.78, 5) is 2.46. The molecule has 1 aromatic rings. The van der Waals surface area contributed by atoms with Gasteiger partial charge in [0.05, 0.1) is 14.2 Å². The standard InChI is InChI=1S/C18H30N2O2/c1-13-12-20(3)14(2)10-16(13)19-9-8-15-6-7-17(21-4)18(11-15)22-5/h6-7,11,13-14,16,19H,8-10,12H2,1-5H3/t13-,14-,16-/m0/s1. The van der Waals surface area contributed by atoms with Crippen molar-refractivity contribution in [3.05, 3.63) is 23.8 Å². The summed E-state index contributed by atoms with van der Waals surface area (Å²) in [6.45, 7) is 6.83. The smallest absolute Gasteiger partial charge is 0.160 e. The maximum Gasteiger partial charge on any atom is 0.160 e. The van der Waals surface area contributed by atoms with E-state index in [0.717, 1.165) is 24.5 Å². The van der Waals surface area contributed by atoms with Crippen LogP contribution in [0.4, 0.5) is 0 Å². The molecule has 1 aromatic carbocycles. The molecule has 0 bridgehead atoms. The van der Waals surface area contributed by atoms with Crippen molar-refractivity contribution in [1.29, 1.82) is 0 Å². The van der Waals surface area contributed by atoms with E-state index in [1.165, 1.54) is 18.5 Å². The quantitative estimate of drug-likeness (QED) is 0.876. The van der Waals surface area contributed by atoms with Gasteiger partial charge >= 0.3 is 0 Å². The molecule has 0 spiro atoms. The molecule has 4 heteroatoms. The topological polar surface area (TPSA) is 33.7 Å². The summed E-state index contributed by atoms with van der Waals surface area (Å²) in [7, 11) is 5.57. The van der Waals surface area contributed by atoms with Crippen LogP contribution in [0.1, 0.15) is 25.8 Å². The molecule has 0 unspecified atom stereocenters. The zero-order chi connectivity index (χ0) is 16.1. The van der Waals surface area contributed by atoms with Crippen molar-refractivity contribution in [1.82, 2.24) is 10.2 Å². The monoisotopic (exact) mass is 306 g/mol. The molecule has 1 heterocycles. The zero-order valence-corrected chi connectivity index (χ0v) is 14.6. The maximum absolute atomic E-state index is 5.37. The molecule has 0 aliphatic carbocycles. The second-order valence-electron chi connectivity index (χ2n) is 6.50. The minimum Gasteiger partial charge on any atom is -0.493 e. The Labute approximate surface area is 134 Å².